The molecule has 8 heteroatoms. The summed E-state index contributed by atoms with van der Waals surface area (Å²) in [6.07, 6.45) is -4.45. The predicted molar refractivity (Wildman–Crippen MR) is 75.7 cm³/mol. The Hall–Kier alpha value is -0.980. The molecule has 2 aromatic heterocycles. The molecule has 2 aromatic rings. The van der Waals surface area contributed by atoms with E-state index in [1.54, 1.807) is 18.0 Å². The van der Waals surface area contributed by atoms with Crippen LogP contribution in [0.3, 0.4) is 0 Å². The molecule has 0 aliphatic heterocycles. The van der Waals surface area contributed by atoms with Crippen molar-refractivity contribution < 1.29 is 13.2 Å². The Morgan fingerprint density at radius 3 is 2.50 bits per heavy atom. The van der Waals surface area contributed by atoms with E-state index < -0.39 is 11.7 Å². The maximum Gasteiger partial charge on any atom is 0.416 e. The third-order valence-electron chi connectivity index (χ3n) is 2.52. The van der Waals surface area contributed by atoms with E-state index >= 15 is 0 Å². The number of rotatable bonds is 3. The van der Waals surface area contributed by atoms with Gasteiger partial charge in [-0.2, -0.15) is 13.2 Å². The van der Waals surface area contributed by atoms with Gasteiger partial charge in [0.1, 0.15) is 11.0 Å². The fourth-order valence-corrected chi connectivity index (χ4v) is 2.94. The standard InChI is InChI=1S/C12H9Cl2F3N2S/c1-19(6-8-2-3-10(14)20-8)11-5-7(12(15,16)17)4-9(13)18-11/h2-5H,6H2,1H3. The molecule has 0 bridgehead atoms. The van der Waals surface area contributed by atoms with E-state index in [-0.39, 0.29) is 11.0 Å². The second-order valence-electron chi connectivity index (χ2n) is 4.10. The summed E-state index contributed by atoms with van der Waals surface area (Å²) in [5.41, 5.74) is -0.816. The van der Waals surface area contributed by atoms with E-state index in [1.165, 1.54) is 11.3 Å². The Morgan fingerprint density at radius 2 is 1.95 bits per heavy atom. The first-order chi connectivity index (χ1) is 9.25. The maximum absolute atomic E-state index is 12.7. The van der Waals surface area contributed by atoms with E-state index in [4.69, 9.17) is 23.2 Å². The average molecular weight is 341 g/mol. The highest BCUT2D eigenvalue weighted by atomic mass is 35.5. The molecule has 0 saturated carbocycles. The van der Waals surface area contributed by atoms with Crippen molar-refractivity contribution in [2.75, 3.05) is 11.9 Å². The lowest BCUT2D eigenvalue weighted by Crippen LogP contribution is -2.18. The second-order valence-corrected chi connectivity index (χ2v) is 6.28. The summed E-state index contributed by atoms with van der Waals surface area (Å²) in [4.78, 5) is 6.42. The van der Waals surface area contributed by atoms with E-state index in [2.05, 4.69) is 4.98 Å². The van der Waals surface area contributed by atoms with Crippen molar-refractivity contribution in [1.29, 1.82) is 0 Å². The van der Waals surface area contributed by atoms with Crippen molar-refractivity contribution in [2.45, 2.75) is 12.7 Å². The van der Waals surface area contributed by atoms with Crippen molar-refractivity contribution >= 4 is 40.4 Å². The molecule has 0 N–H and O–H groups in total. The van der Waals surface area contributed by atoms with E-state index in [9.17, 15) is 13.2 Å². The van der Waals surface area contributed by atoms with Crippen molar-refractivity contribution in [3.05, 3.63) is 44.2 Å². The number of hydrogen-bond acceptors (Lipinski definition) is 3. The van der Waals surface area contributed by atoms with Crippen LogP contribution >= 0.6 is 34.5 Å². The van der Waals surface area contributed by atoms with E-state index in [0.717, 1.165) is 17.0 Å². The van der Waals surface area contributed by atoms with Gasteiger partial charge in [-0.3, -0.25) is 0 Å². The zero-order valence-corrected chi connectivity index (χ0v) is 12.5. The normalized spacial score (nSPS) is 11.7. The molecule has 0 aliphatic rings. The van der Waals surface area contributed by atoms with Gasteiger partial charge in [-0.1, -0.05) is 23.2 Å². The zero-order valence-electron chi connectivity index (χ0n) is 10.2. The van der Waals surface area contributed by atoms with Crippen molar-refractivity contribution in [3.8, 4) is 0 Å². The summed E-state index contributed by atoms with van der Waals surface area (Å²) >= 11 is 12.8. The van der Waals surface area contributed by atoms with Gasteiger partial charge in [0.25, 0.3) is 0 Å². The molecule has 108 valence electrons. The summed E-state index contributed by atoms with van der Waals surface area (Å²) in [6.45, 7) is 0.405. The minimum atomic E-state index is -4.45. The van der Waals surface area contributed by atoms with Gasteiger partial charge in [-0.25, -0.2) is 4.98 Å². The molecule has 0 fully saturated rings. The second kappa shape index (κ2) is 5.79. The van der Waals surface area contributed by atoms with Gasteiger partial charge in [-0.05, 0) is 24.3 Å². The minimum Gasteiger partial charge on any atom is -0.354 e. The zero-order chi connectivity index (χ0) is 14.9. The highest BCUT2D eigenvalue weighted by Gasteiger charge is 2.31. The van der Waals surface area contributed by atoms with Crippen LogP contribution in [0.5, 0.6) is 0 Å². The maximum atomic E-state index is 12.7. The number of alkyl halides is 3. The SMILES string of the molecule is CN(Cc1ccc(Cl)s1)c1cc(C(F)(F)F)cc(Cl)n1. The fraction of sp³-hybridized carbons (Fsp3) is 0.250. The number of pyridine rings is 1. The highest BCUT2D eigenvalue weighted by Crippen LogP contribution is 2.33. The first-order valence-electron chi connectivity index (χ1n) is 5.46. The summed E-state index contributed by atoms with van der Waals surface area (Å²) < 4.78 is 38.8. The molecule has 0 spiro atoms. The Balaban J connectivity index is 2.25. The first-order valence-corrected chi connectivity index (χ1v) is 7.03. The van der Waals surface area contributed by atoms with E-state index in [0.29, 0.717) is 10.9 Å². The molecule has 0 aliphatic carbocycles. The Labute approximate surface area is 127 Å². The van der Waals surface area contributed by atoms with Crippen LogP contribution in [0.2, 0.25) is 9.49 Å². The van der Waals surface area contributed by atoms with Crippen LogP contribution in [-0.4, -0.2) is 12.0 Å². The lowest BCUT2D eigenvalue weighted by molar-refractivity contribution is -0.137. The van der Waals surface area contributed by atoms with Gasteiger partial charge in [0.15, 0.2) is 0 Å². The number of hydrogen-bond donors (Lipinski definition) is 0. The van der Waals surface area contributed by atoms with Crippen molar-refractivity contribution in [2.24, 2.45) is 0 Å². The van der Waals surface area contributed by atoms with Gasteiger partial charge in [-0.15, -0.1) is 11.3 Å². The first kappa shape index (κ1) is 15.4. The molecule has 2 nitrogen and oxygen atoms in total. The molecule has 0 saturated heterocycles. The largest absolute Gasteiger partial charge is 0.416 e. The van der Waals surface area contributed by atoms with Gasteiger partial charge in [0, 0.05) is 11.9 Å². The summed E-state index contributed by atoms with van der Waals surface area (Å²) in [5, 5.41) is -0.189. The molecule has 20 heavy (non-hydrogen) atoms. The Kier molecular flexibility index (Phi) is 4.46. The van der Waals surface area contributed by atoms with Crippen LogP contribution < -0.4 is 4.90 Å². The molecule has 0 radical (unpaired) electrons. The minimum absolute atomic E-state index is 0.161. The number of nitrogens with zero attached hydrogens (tertiary/aromatic N) is 2. The van der Waals surface area contributed by atoms with Gasteiger partial charge >= 0.3 is 6.18 Å². The summed E-state index contributed by atoms with van der Waals surface area (Å²) in [5.74, 6) is 0.161. The number of anilines is 1. The number of halogens is 5. The van der Waals surface area contributed by atoms with Crippen LogP contribution in [0, 0.1) is 0 Å². The van der Waals surface area contributed by atoms with Gasteiger partial charge in [0.2, 0.25) is 0 Å². The van der Waals surface area contributed by atoms with E-state index in [1.807, 2.05) is 6.07 Å². The van der Waals surface area contributed by atoms with Crippen LogP contribution in [0.4, 0.5) is 19.0 Å². The lowest BCUT2D eigenvalue weighted by Gasteiger charge is -2.19. The Bertz CT molecular complexity index is 613. The number of aromatic nitrogens is 1. The quantitative estimate of drug-likeness (QED) is 0.722. The molecule has 0 aromatic carbocycles. The smallest absolute Gasteiger partial charge is 0.354 e. The van der Waals surface area contributed by atoms with Crippen LogP contribution in [0.1, 0.15) is 10.4 Å². The van der Waals surface area contributed by atoms with Crippen molar-refractivity contribution in [1.82, 2.24) is 4.98 Å². The Morgan fingerprint density at radius 1 is 1.25 bits per heavy atom. The fourth-order valence-electron chi connectivity index (χ4n) is 1.59. The van der Waals surface area contributed by atoms with Crippen LogP contribution in [0.15, 0.2) is 24.3 Å². The van der Waals surface area contributed by atoms with Gasteiger partial charge < -0.3 is 4.90 Å². The molecule has 0 amide bonds. The predicted octanol–water partition coefficient (Wildman–Crippen LogP) is 5.11. The molecule has 0 atom stereocenters. The van der Waals surface area contributed by atoms with Crippen LogP contribution in [-0.2, 0) is 12.7 Å². The molecule has 2 rings (SSSR count). The monoisotopic (exact) mass is 340 g/mol. The highest BCUT2D eigenvalue weighted by molar-refractivity contribution is 7.16. The van der Waals surface area contributed by atoms with Crippen molar-refractivity contribution in [3.63, 3.8) is 0 Å². The molecular weight excluding hydrogens is 332 g/mol. The topological polar surface area (TPSA) is 16.1 Å². The third-order valence-corrected chi connectivity index (χ3v) is 3.93. The lowest BCUT2D eigenvalue weighted by atomic mass is 10.2. The molecule has 0 unspecified atom stereocenters. The molecule has 2 heterocycles. The summed E-state index contributed by atoms with van der Waals surface area (Å²) in [6, 6.07) is 5.34. The third kappa shape index (κ3) is 3.77. The average Bonchev–Trinajstić information content (AvgIpc) is 2.72. The summed E-state index contributed by atoms with van der Waals surface area (Å²) in [7, 11) is 1.65. The van der Waals surface area contributed by atoms with Gasteiger partial charge in [0.05, 0.1) is 16.4 Å². The number of thiophene rings is 1. The van der Waals surface area contributed by atoms with Crippen LogP contribution in [0.25, 0.3) is 0 Å². The molecular formula is C12H9Cl2F3N2S.